The highest BCUT2D eigenvalue weighted by atomic mass is 32.1. The zero-order valence-corrected chi connectivity index (χ0v) is 14.8. The second kappa shape index (κ2) is 5.39. The van der Waals surface area contributed by atoms with Gasteiger partial charge in [-0.15, -0.1) is 16.4 Å². The van der Waals surface area contributed by atoms with Crippen LogP contribution in [0.2, 0.25) is 25.7 Å². The van der Waals surface area contributed by atoms with E-state index in [1.165, 1.54) is 15.8 Å². The average Bonchev–Trinajstić information content (AvgIpc) is 3.01. The molecule has 0 radical (unpaired) electrons. The van der Waals surface area contributed by atoms with Gasteiger partial charge in [0, 0.05) is 17.8 Å². The normalized spacial score (nSPS) is 13.7. The molecule has 1 aromatic carbocycles. The van der Waals surface area contributed by atoms with Crippen LogP contribution in [0.5, 0.6) is 0 Å². The first-order valence-electron chi connectivity index (χ1n) is 7.30. The standard InChI is InChI=1S/C16H21N3SSi/c1-12-9-10-16(20-12)15(11-21(2,3)4)19-14-8-6-5-7-13(14)17-18-19/h5-10,15H,11H2,1-4H3. The summed E-state index contributed by atoms with van der Waals surface area (Å²) in [5.74, 6) is 0. The Kier molecular flexibility index (Phi) is 3.71. The van der Waals surface area contributed by atoms with Gasteiger partial charge in [-0.3, -0.25) is 0 Å². The lowest BCUT2D eigenvalue weighted by Gasteiger charge is -2.24. The largest absolute Gasteiger partial charge is 0.237 e. The Morgan fingerprint density at radius 1 is 1.14 bits per heavy atom. The van der Waals surface area contributed by atoms with Gasteiger partial charge in [0.25, 0.3) is 0 Å². The van der Waals surface area contributed by atoms with Crippen molar-refractivity contribution in [2.45, 2.75) is 38.7 Å². The topological polar surface area (TPSA) is 30.7 Å². The first kappa shape index (κ1) is 14.5. The van der Waals surface area contributed by atoms with Crippen LogP contribution in [0.15, 0.2) is 36.4 Å². The number of hydrogen-bond acceptors (Lipinski definition) is 3. The zero-order valence-electron chi connectivity index (χ0n) is 13.0. The quantitative estimate of drug-likeness (QED) is 0.652. The smallest absolute Gasteiger partial charge is 0.113 e. The molecule has 0 fully saturated rings. The molecule has 1 unspecified atom stereocenters. The Bertz CT molecular complexity index is 754. The fourth-order valence-corrected chi connectivity index (χ4v) is 5.30. The monoisotopic (exact) mass is 315 g/mol. The van der Waals surface area contributed by atoms with Gasteiger partial charge < -0.3 is 0 Å². The third-order valence-electron chi connectivity index (χ3n) is 3.57. The Hall–Kier alpha value is -1.46. The molecule has 1 atom stereocenters. The summed E-state index contributed by atoms with van der Waals surface area (Å²) in [5, 5.41) is 8.80. The van der Waals surface area contributed by atoms with Crippen molar-refractivity contribution in [1.29, 1.82) is 0 Å². The first-order valence-corrected chi connectivity index (χ1v) is 11.8. The average molecular weight is 316 g/mol. The van der Waals surface area contributed by atoms with E-state index in [1.54, 1.807) is 0 Å². The summed E-state index contributed by atoms with van der Waals surface area (Å²) in [6.07, 6.45) is 0. The molecule has 2 heterocycles. The maximum atomic E-state index is 4.46. The van der Waals surface area contributed by atoms with Gasteiger partial charge in [-0.1, -0.05) is 37.0 Å². The van der Waals surface area contributed by atoms with Crippen LogP contribution in [0, 0.1) is 6.92 Å². The molecule has 0 aliphatic heterocycles. The van der Waals surface area contributed by atoms with Crippen molar-refractivity contribution in [2.24, 2.45) is 0 Å². The summed E-state index contributed by atoms with van der Waals surface area (Å²) in [6, 6.07) is 14.2. The molecule has 3 rings (SSSR count). The molecular weight excluding hydrogens is 294 g/mol. The number of aromatic nitrogens is 3. The summed E-state index contributed by atoms with van der Waals surface area (Å²) in [6.45, 7) is 9.41. The van der Waals surface area contributed by atoms with Gasteiger partial charge >= 0.3 is 0 Å². The van der Waals surface area contributed by atoms with E-state index in [9.17, 15) is 0 Å². The van der Waals surface area contributed by atoms with Crippen molar-refractivity contribution >= 4 is 30.4 Å². The molecule has 0 bridgehead atoms. The Morgan fingerprint density at radius 2 is 1.90 bits per heavy atom. The van der Waals surface area contributed by atoms with Crippen LogP contribution in [0.3, 0.4) is 0 Å². The minimum absolute atomic E-state index is 0.308. The van der Waals surface area contributed by atoms with Crippen molar-refractivity contribution in [1.82, 2.24) is 15.0 Å². The number of para-hydroxylation sites is 1. The van der Waals surface area contributed by atoms with E-state index in [2.05, 4.69) is 65.8 Å². The lowest BCUT2D eigenvalue weighted by molar-refractivity contribution is 0.562. The summed E-state index contributed by atoms with van der Waals surface area (Å²) in [4.78, 5) is 2.75. The highest BCUT2D eigenvalue weighted by Crippen LogP contribution is 2.34. The Balaban J connectivity index is 2.10. The molecule has 0 saturated carbocycles. The van der Waals surface area contributed by atoms with Crippen molar-refractivity contribution < 1.29 is 0 Å². The fraction of sp³-hybridized carbons (Fsp3) is 0.375. The Labute approximate surface area is 130 Å². The number of benzene rings is 1. The summed E-state index contributed by atoms with van der Waals surface area (Å²) >= 11 is 1.88. The molecule has 3 aromatic rings. The first-order chi connectivity index (χ1) is 9.94. The fourth-order valence-electron chi connectivity index (χ4n) is 2.64. The van der Waals surface area contributed by atoms with Gasteiger partial charge in [-0.2, -0.15) is 0 Å². The molecule has 110 valence electrons. The number of aryl methyl sites for hydroxylation is 1. The third-order valence-corrected chi connectivity index (χ3v) is 6.28. The van der Waals surface area contributed by atoms with Gasteiger partial charge in [0.1, 0.15) is 5.52 Å². The van der Waals surface area contributed by atoms with E-state index < -0.39 is 8.07 Å². The van der Waals surface area contributed by atoms with Crippen molar-refractivity contribution in [3.8, 4) is 0 Å². The van der Waals surface area contributed by atoms with Crippen LogP contribution < -0.4 is 0 Å². The van der Waals surface area contributed by atoms with Crippen LogP contribution in [-0.2, 0) is 0 Å². The molecule has 2 aromatic heterocycles. The number of thiophene rings is 1. The van der Waals surface area contributed by atoms with E-state index in [-0.39, 0.29) is 0 Å². The maximum Gasteiger partial charge on any atom is 0.113 e. The molecule has 0 amide bonds. The molecule has 0 aliphatic carbocycles. The van der Waals surface area contributed by atoms with E-state index in [4.69, 9.17) is 0 Å². The number of fused-ring (bicyclic) bond motifs is 1. The number of nitrogens with zero attached hydrogens (tertiary/aromatic N) is 3. The minimum Gasteiger partial charge on any atom is -0.237 e. The third kappa shape index (κ3) is 3.08. The van der Waals surface area contributed by atoms with E-state index in [0.717, 1.165) is 11.0 Å². The predicted octanol–water partition coefficient (Wildman–Crippen LogP) is 4.73. The van der Waals surface area contributed by atoms with Crippen LogP contribution >= 0.6 is 11.3 Å². The summed E-state index contributed by atoms with van der Waals surface area (Å²) in [7, 11) is -1.22. The summed E-state index contributed by atoms with van der Waals surface area (Å²) < 4.78 is 2.12. The second-order valence-corrected chi connectivity index (χ2v) is 13.6. The predicted molar refractivity (Wildman–Crippen MR) is 92.9 cm³/mol. The van der Waals surface area contributed by atoms with Gasteiger partial charge in [-0.05, 0) is 37.2 Å². The molecule has 0 saturated heterocycles. The van der Waals surface area contributed by atoms with Crippen LogP contribution in [-0.4, -0.2) is 23.1 Å². The van der Waals surface area contributed by atoms with Crippen molar-refractivity contribution in [3.63, 3.8) is 0 Å². The minimum atomic E-state index is -1.22. The van der Waals surface area contributed by atoms with Crippen molar-refractivity contribution in [2.75, 3.05) is 0 Å². The molecule has 0 aliphatic rings. The van der Waals surface area contributed by atoms with Gasteiger partial charge in [-0.25, -0.2) is 4.68 Å². The molecule has 3 nitrogen and oxygen atoms in total. The lowest BCUT2D eigenvalue weighted by atomic mass is 10.2. The number of rotatable bonds is 4. The summed E-state index contributed by atoms with van der Waals surface area (Å²) in [5.41, 5.74) is 2.11. The molecule has 5 heteroatoms. The van der Waals surface area contributed by atoms with E-state index >= 15 is 0 Å². The molecule has 0 spiro atoms. The van der Waals surface area contributed by atoms with E-state index in [0.29, 0.717) is 6.04 Å². The van der Waals surface area contributed by atoms with Crippen LogP contribution in [0.4, 0.5) is 0 Å². The molecular formula is C16H21N3SSi. The van der Waals surface area contributed by atoms with Gasteiger partial charge in [0.2, 0.25) is 0 Å². The highest BCUT2D eigenvalue weighted by Gasteiger charge is 2.26. The molecule has 0 N–H and O–H groups in total. The SMILES string of the molecule is Cc1ccc(C(C[Si](C)(C)C)n2nnc3ccccc32)s1. The van der Waals surface area contributed by atoms with Gasteiger partial charge in [0.15, 0.2) is 0 Å². The molecule has 21 heavy (non-hydrogen) atoms. The van der Waals surface area contributed by atoms with Gasteiger partial charge in [0.05, 0.1) is 11.6 Å². The maximum absolute atomic E-state index is 4.46. The van der Waals surface area contributed by atoms with Crippen LogP contribution in [0.25, 0.3) is 11.0 Å². The van der Waals surface area contributed by atoms with Crippen LogP contribution in [0.1, 0.15) is 15.8 Å². The number of hydrogen-bond donors (Lipinski definition) is 0. The lowest BCUT2D eigenvalue weighted by Crippen LogP contribution is -2.26. The Morgan fingerprint density at radius 3 is 2.57 bits per heavy atom. The zero-order chi connectivity index (χ0) is 15.0. The van der Waals surface area contributed by atoms with Crippen molar-refractivity contribution in [3.05, 3.63) is 46.2 Å². The highest BCUT2D eigenvalue weighted by molar-refractivity contribution is 7.12. The second-order valence-electron chi connectivity index (χ2n) is 6.75. The van der Waals surface area contributed by atoms with E-state index in [1.807, 2.05) is 23.5 Å².